The number of aryl methyl sites for hydroxylation is 2. The first-order valence-corrected chi connectivity index (χ1v) is 7.13. The minimum Gasteiger partial charge on any atom is -0.495 e. The van der Waals surface area contributed by atoms with Gasteiger partial charge in [0.15, 0.2) is 0 Å². The van der Waals surface area contributed by atoms with Crippen molar-refractivity contribution in [2.45, 2.75) is 27.2 Å². The van der Waals surface area contributed by atoms with Crippen LogP contribution < -0.4 is 15.4 Å². The SMILES string of the molecule is CCCNc1ncc(C)c(Nc2cc(C)ccc2OC)n1. The van der Waals surface area contributed by atoms with E-state index in [1.54, 1.807) is 7.11 Å². The van der Waals surface area contributed by atoms with E-state index in [-0.39, 0.29) is 0 Å². The molecule has 0 bridgehead atoms. The maximum absolute atomic E-state index is 5.39. The number of anilines is 3. The maximum atomic E-state index is 5.39. The highest BCUT2D eigenvalue weighted by Gasteiger charge is 2.08. The van der Waals surface area contributed by atoms with Gasteiger partial charge in [-0.1, -0.05) is 13.0 Å². The Morgan fingerprint density at radius 2 is 2.05 bits per heavy atom. The van der Waals surface area contributed by atoms with Gasteiger partial charge in [0.25, 0.3) is 0 Å². The van der Waals surface area contributed by atoms with E-state index >= 15 is 0 Å². The van der Waals surface area contributed by atoms with E-state index in [0.29, 0.717) is 5.95 Å². The van der Waals surface area contributed by atoms with Crippen molar-refractivity contribution in [1.29, 1.82) is 0 Å². The van der Waals surface area contributed by atoms with Gasteiger partial charge >= 0.3 is 0 Å². The second kappa shape index (κ2) is 6.92. The Hall–Kier alpha value is -2.30. The van der Waals surface area contributed by atoms with Gasteiger partial charge in [0.05, 0.1) is 12.8 Å². The molecule has 0 radical (unpaired) electrons. The minimum atomic E-state index is 0.636. The van der Waals surface area contributed by atoms with Gasteiger partial charge in [-0.05, 0) is 38.0 Å². The van der Waals surface area contributed by atoms with Crippen molar-refractivity contribution in [2.75, 3.05) is 24.3 Å². The maximum Gasteiger partial charge on any atom is 0.224 e. The van der Waals surface area contributed by atoms with E-state index in [0.717, 1.165) is 41.3 Å². The zero-order valence-electron chi connectivity index (χ0n) is 13.0. The summed E-state index contributed by atoms with van der Waals surface area (Å²) in [6.45, 7) is 6.99. The molecule has 1 aromatic heterocycles. The zero-order chi connectivity index (χ0) is 15.2. The summed E-state index contributed by atoms with van der Waals surface area (Å²) in [5.74, 6) is 2.21. The van der Waals surface area contributed by atoms with Gasteiger partial charge in [-0.25, -0.2) is 4.98 Å². The molecule has 0 fully saturated rings. The van der Waals surface area contributed by atoms with Crippen LogP contribution in [0.2, 0.25) is 0 Å². The van der Waals surface area contributed by atoms with E-state index in [9.17, 15) is 0 Å². The van der Waals surface area contributed by atoms with Crippen LogP contribution in [-0.4, -0.2) is 23.6 Å². The molecule has 0 spiro atoms. The lowest BCUT2D eigenvalue weighted by Crippen LogP contribution is -2.07. The van der Waals surface area contributed by atoms with Gasteiger partial charge in [-0.3, -0.25) is 0 Å². The summed E-state index contributed by atoms with van der Waals surface area (Å²) in [5.41, 5.74) is 3.05. The van der Waals surface area contributed by atoms with Crippen LogP contribution >= 0.6 is 0 Å². The first-order valence-electron chi connectivity index (χ1n) is 7.13. The van der Waals surface area contributed by atoms with E-state index in [2.05, 4.69) is 27.5 Å². The molecule has 0 amide bonds. The average Bonchev–Trinajstić information content (AvgIpc) is 2.48. The van der Waals surface area contributed by atoms with E-state index in [1.165, 1.54) is 0 Å². The topological polar surface area (TPSA) is 59.1 Å². The van der Waals surface area contributed by atoms with Crippen LogP contribution in [0.15, 0.2) is 24.4 Å². The van der Waals surface area contributed by atoms with Crippen LogP contribution in [0, 0.1) is 13.8 Å². The fourth-order valence-corrected chi connectivity index (χ4v) is 1.94. The Labute approximate surface area is 125 Å². The molecule has 0 atom stereocenters. The number of nitrogens with one attached hydrogen (secondary N) is 2. The molecule has 5 heteroatoms. The molecule has 0 aliphatic carbocycles. The third-order valence-corrected chi connectivity index (χ3v) is 3.11. The Morgan fingerprint density at radius 3 is 2.76 bits per heavy atom. The van der Waals surface area contributed by atoms with Crippen molar-refractivity contribution in [1.82, 2.24) is 9.97 Å². The van der Waals surface area contributed by atoms with Gasteiger partial charge in [-0.2, -0.15) is 4.98 Å². The molecule has 0 saturated heterocycles. The molecule has 2 rings (SSSR count). The van der Waals surface area contributed by atoms with E-state index < -0.39 is 0 Å². The lowest BCUT2D eigenvalue weighted by Gasteiger charge is -2.14. The summed E-state index contributed by atoms with van der Waals surface area (Å²) < 4.78 is 5.39. The normalized spacial score (nSPS) is 10.3. The summed E-state index contributed by atoms with van der Waals surface area (Å²) in [4.78, 5) is 8.81. The third kappa shape index (κ3) is 3.84. The van der Waals surface area contributed by atoms with Gasteiger partial charge in [0.2, 0.25) is 5.95 Å². The smallest absolute Gasteiger partial charge is 0.224 e. The number of nitrogens with zero attached hydrogens (tertiary/aromatic N) is 2. The van der Waals surface area contributed by atoms with Crippen molar-refractivity contribution < 1.29 is 4.74 Å². The highest BCUT2D eigenvalue weighted by molar-refractivity contribution is 5.67. The molecule has 0 saturated carbocycles. The van der Waals surface area contributed by atoms with Crippen LogP contribution in [0.3, 0.4) is 0 Å². The number of hydrogen-bond donors (Lipinski definition) is 2. The van der Waals surface area contributed by atoms with Crippen molar-refractivity contribution in [3.05, 3.63) is 35.5 Å². The molecule has 0 aliphatic rings. The largest absolute Gasteiger partial charge is 0.495 e. The summed E-state index contributed by atoms with van der Waals surface area (Å²) in [7, 11) is 1.66. The zero-order valence-corrected chi connectivity index (χ0v) is 13.0. The number of benzene rings is 1. The highest BCUT2D eigenvalue weighted by Crippen LogP contribution is 2.29. The van der Waals surface area contributed by atoms with Gasteiger partial charge < -0.3 is 15.4 Å². The van der Waals surface area contributed by atoms with Crippen molar-refractivity contribution in [2.24, 2.45) is 0 Å². The van der Waals surface area contributed by atoms with Gasteiger partial charge in [0, 0.05) is 18.3 Å². The van der Waals surface area contributed by atoms with Crippen LogP contribution in [0.25, 0.3) is 0 Å². The van der Waals surface area contributed by atoms with Gasteiger partial charge in [0.1, 0.15) is 11.6 Å². The van der Waals surface area contributed by atoms with Crippen molar-refractivity contribution >= 4 is 17.5 Å². The third-order valence-electron chi connectivity index (χ3n) is 3.11. The number of methoxy groups -OCH3 is 1. The van der Waals surface area contributed by atoms with Gasteiger partial charge in [-0.15, -0.1) is 0 Å². The van der Waals surface area contributed by atoms with Crippen LogP contribution in [0.4, 0.5) is 17.5 Å². The monoisotopic (exact) mass is 286 g/mol. The van der Waals surface area contributed by atoms with E-state index in [1.807, 2.05) is 38.2 Å². The lowest BCUT2D eigenvalue weighted by atomic mass is 10.2. The van der Waals surface area contributed by atoms with Crippen molar-refractivity contribution in [3.8, 4) is 5.75 Å². The second-order valence-corrected chi connectivity index (χ2v) is 4.98. The molecule has 2 aromatic rings. The van der Waals surface area contributed by atoms with Crippen LogP contribution in [0.1, 0.15) is 24.5 Å². The Kier molecular flexibility index (Phi) is 4.98. The Morgan fingerprint density at radius 1 is 1.24 bits per heavy atom. The Bertz CT molecular complexity index is 613. The van der Waals surface area contributed by atoms with E-state index in [4.69, 9.17) is 4.74 Å². The Balaban J connectivity index is 2.28. The predicted molar refractivity (Wildman–Crippen MR) is 86.6 cm³/mol. The fourth-order valence-electron chi connectivity index (χ4n) is 1.94. The number of ether oxygens (including phenoxy) is 1. The summed E-state index contributed by atoms with van der Waals surface area (Å²) in [6, 6.07) is 6.01. The summed E-state index contributed by atoms with van der Waals surface area (Å²) in [5, 5.41) is 6.53. The fraction of sp³-hybridized carbons (Fsp3) is 0.375. The first-order chi connectivity index (χ1) is 10.1. The number of aromatic nitrogens is 2. The lowest BCUT2D eigenvalue weighted by molar-refractivity contribution is 0.416. The molecule has 1 aromatic carbocycles. The molecule has 2 N–H and O–H groups in total. The molecule has 0 aliphatic heterocycles. The highest BCUT2D eigenvalue weighted by atomic mass is 16.5. The molecular formula is C16H22N4O. The quantitative estimate of drug-likeness (QED) is 0.848. The van der Waals surface area contributed by atoms with Crippen LogP contribution in [-0.2, 0) is 0 Å². The minimum absolute atomic E-state index is 0.636. The molecule has 1 heterocycles. The number of hydrogen-bond acceptors (Lipinski definition) is 5. The van der Waals surface area contributed by atoms with Crippen molar-refractivity contribution in [3.63, 3.8) is 0 Å². The predicted octanol–water partition coefficient (Wildman–Crippen LogP) is 3.67. The standard InChI is InChI=1S/C16H22N4O/c1-5-8-17-16-18-10-12(3)15(20-16)19-13-9-11(2)6-7-14(13)21-4/h6-7,9-10H,5,8H2,1-4H3,(H2,17,18,19,20). The summed E-state index contributed by atoms with van der Waals surface area (Å²) in [6.07, 6.45) is 2.85. The second-order valence-electron chi connectivity index (χ2n) is 4.98. The molecular weight excluding hydrogens is 264 g/mol. The number of rotatable bonds is 6. The molecule has 5 nitrogen and oxygen atoms in total. The molecule has 112 valence electrons. The summed E-state index contributed by atoms with van der Waals surface area (Å²) >= 11 is 0. The molecule has 21 heavy (non-hydrogen) atoms. The first kappa shape index (κ1) is 15.1. The van der Waals surface area contributed by atoms with Crippen LogP contribution in [0.5, 0.6) is 5.75 Å². The molecule has 0 unspecified atom stereocenters. The average molecular weight is 286 g/mol.